The molecule has 1 heterocycles. The molecular formula is C13H17ClN2O4. The average Bonchev–Trinajstić information content (AvgIpc) is 2.37. The molecule has 110 valence electrons. The van der Waals surface area contributed by atoms with E-state index in [1.54, 1.807) is 6.07 Å². The summed E-state index contributed by atoms with van der Waals surface area (Å²) >= 11 is 5.87. The van der Waals surface area contributed by atoms with Gasteiger partial charge in [-0.3, -0.25) is 4.79 Å². The van der Waals surface area contributed by atoms with Gasteiger partial charge in [0.2, 0.25) is 0 Å². The Morgan fingerprint density at radius 2 is 2.10 bits per heavy atom. The molecule has 0 aliphatic carbocycles. The Morgan fingerprint density at radius 3 is 2.60 bits per heavy atom. The lowest BCUT2D eigenvalue weighted by molar-refractivity contribution is -0.148. The third-order valence-corrected chi connectivity index (χ3v) is 2.87. The Bertz CT molecular complexity index is 505. The van der Waals surface area contributed by atoms with E-state index in [0.717, 1.165) is 0 Å². The number of carbonyl (C=O) groups excluding carboxylic acids is 1. The predicted octanol–water partition coefficient (Wildman–Crippen LogP) is 1.69. The van der Waals surface area contributed by atoms with Gasteiger partial charge in [-0.15, -0.1) is 0 Å². The maximum atomic E-state index is 12.0. The number of pyridine rings is 1. The van der Waals surface area contributed by atoms with Crippen molar-refractivity contribution < 1.29 is 19.4 Å². The number of hydrogen-bond acceptors (Lipinski definition) is 4. The van der Waals surface area contributed by atoms with Crippen LogP contribution < -0.4 is 5.32 Å². The largest absolute Gasteiger partial charge is 0.479 e. The Balaban J connectivity index is 2.80. The molecule has 0 saturated heterocycles. The molecule has 0 aromatic carbocycles. The summed E-state index contributed by atoms with van der Waals surface area (Å²) in [4.78, 5) is 26.9. The molecule has 1 rings (SSSR count). The first-order chi connectivity index (χ1) is 9.35. The highest BCUT2D eigenvalue weighted by molar-refractivity contribution is 6.29. The van der Waals surface area contributed by atoms with Crippen LogP contribution in [0.5, 0.6) is 0 Å². The van der Waals surface area contributed by atoms with Crippen molar-refractivity contribution in [2.24, 2.45) is 0 Å². The van der Waals surface area contributed by atoms with E-state index >= 15 is 0 Å². The van der Waals surface area contributed by atoms with Crippen molar-refractivity contribution in [1.82, 2.24) is 10.3 Å². The van der Waals surface area contributed by atoms with Gasteiger partial charge in [-0.2, -0.15) is 0 Å². The number of nitrogens with zero attached hydrogens (tertiary/aromatic N) is 1. The van der Waals surface area contributed by atoms with E-state index < -0.39 is 18.0 Å². The van der Waals surface area contributed by atoms with Gasteiger partial charge < -0.3 is 15.2 Å². The molecule has 0 radical (unpaired) electrons. The number of rotatable bonds is 6. The number of hydrogen-bond donors (Lipinski definition) is 2. The minimum atomic E-state index is -1.14. The summed E-state index contributed by atoms with van der Waals surface area (Å²) < 4.78 is 4.73. The van der Waals surface area contributed by atoms with Crippen LogP contribution in [0.4, 0.5) is 0 Å². The van der Waals surface area contributed by atoms with Gasteiger partial charge in [0.15, 0.2) is 6.10 Å². The quantitative estimate of drug-likeness (QED) is 0.780. The molecular weight excluding hydrogens is 284 g/mol. The number of aromatic nitrogens is 1. The molecule has 0 bridgehead atoms. The van der Waals surface area contributed by atoms with E-state index in [2.05, 4.69) is 10.3 Å². The summed E-state index contributed by atoms with van der Waals surface area (Å²) in [6.07, 6.45) is -1.08. The van der Waals surface area contributed by atoms with E-state index in [4.69, 9.17) is 21.4 Å². The summed E-state index contributed by atoms with van der Waals surface area (Å²) in [6, 6.07) is 3.07. The van der Waals surface area contributed by atoms with Crippen molar-refractivity contribution in [1.29, 1.82) is 0 Å². The van der Waals surface area contributed by atoms with Crippen LogP contribution >= 0.6 is 11.6 Å². The summed E-state index contributed by atoms with van der Waals surface area (Å²) in [5, 5.41) is 11.5. The number of amides is 1. The lowest BCUT2D eigenvalue weighted by Gasteiger charge is -2.12. The van der Waals surface area contributed by atoms with Crippen molar-refractivity contribution in [3.05, 3.63) is 28.5 Å². The first-order valence-electron chi connectivity index (χ1n) is 6.06. The number of aliphatic carboxylic acids is 1. The Labute approximate surface area is 122 Å². The second kappa shape index (κ2) is 7.21. The van der Waals surface area contributed by atoms with Crippen LogP contribution in [0.3, 0.4) is 0 Å². The fraction of sp³-hybridized carbons (Fsp3) is 0.462. The van der Waals surface area contributed by atoms with E-state index in [1.165, 1.54) is 13.2 Å². The Morgan fingerprint density at radius 1 is 1.45 bits per heavy atom. The van der Waals surface area contributed by atoms with Gasteiger partial charge in [0.05, 0.1) is 6.54 Å². The number of carboxylic acid groups (broad SMARTS) is 1. The highest BCUT2D eigenvalue weighted by atomic mass is 35.5. The normalized spacial score (nSPS) is 12.2. The number of ether oxygens (including phenoxy) is 1. The Hall–Kier alpha value is -1.66. The average molecular weight is 301 g/mol. The van der Waals surface area contributed by atoms with Crippen molar-refractivity contribution >= 4 is 23.5 Å². The lowest BCUT2D eigenvalue weighted by atomic mass is 10.1. The van der Waals surface area contributed by atoms with Gasteiger partial charge in [-0.1, -0.05) is 25.4 Å². The third-order valence-electron chi connectivity index (χ3n) is 2.68. The van der Waals surface area contributed by atoms with Crippen molar-refractivity contribution in [2.45, 2.75) is 25.9 Å². The number of methoxy groups -OCH3 is 1. The zero-order chi connectivity index (χ0) is 15.3. The molecule has 1 unspecified atom stereocenters. The van der Waals surface area contributed by atoms with Crippen LogP contribution in [-0.2, 0) is 9.53 Å². The molecule has 0 saturated carbocycles. The minimum Gasteiger partial charge on any atom is -0.479 e. The van der Waals surface area contributed by atoms with Crippen LogP contribution in [0.1, 0.15) is 35.8 Å². The molecule has 0 aliphatic rings. The molecule has 0 aliphatic heterocycles. The first-order valence-corrected chi connectivity index (χ1v) is 6.44. The van der Waals surface area contributed by atoms with Gasteiger partial charge in [-0.25, -0.2) is 9.78 Å². The monoisotopic (exact) mass is 300 g/mol. The van der Waals surface area contributed by atoms with Crippen LogP contribution in [-0.4, -0.2) is 41.7 Å². The van der Waals surface area contributed by atoms with Crippen LogP contribution in [0.2, 0.25) is 5.15 Å². The maximum Gasteiger partial charge on any atom is 0.334 e. The van der Waals surface area contributed by atoms with Crippen LogP contribution in [0.25, 0.3) is 0 Å². The van der Waals surface area contributed by atoms with E-state index in [-0.39, 0.29) is 17.6 Å². The lowest BCUT2D eigenvalue weighted by Crippen LogP contribution is -2.37. The third kappa shape index (κ3) is 4.47. The van der Waals surface area contributed by atoms with Gasteiger partial charge in [-0.05, 0) is 18.1 Å². The Kier molecular flexibility index (Phi) is 5.91. The second-order valence-electron chi connectivity index (χ2n) is 4.53. The summed E-state index contributed by atoms with van der Waals surface area (Å²) in [5.74, 6) is -1.42. The SMILES string of the molecule is COC(CNC(=O)c1cc(Cl)nc(C(C)C)c1)C(=O)O. The number of halogens is 1. The van der Waals surface area contributed by atoms with E-state index in [9.17, 15) is 9.59 Å². The van der Waals surface area contributed by atoms with Crippen molar-refractivity contribution in [2.75, 3.05) is 13.7 Å². The summed E-state index contributed by atoms with van der Waals surface area (Å²) in [5.41, 5.74) is 1.04. The fourth-order valence-electron chi connectivity index (χ4n) is 1.50. The van der Waals surface area contributed by atoms with Crippen LogP contribution in [0.15, 0.2) is 12.1 Å². The molecule has 6 nitrogen and oxygen atoms in total. The second-order valence-corrected chi connectivity index (χ2v) is 4.92. The van der Waals surface area contributed by atoms with E-state index in [0.29, 0.717) is 11.3 Å². The maximum absolute atomic E-state index is 12.0. The summed E-state index contributed by atoms with van der Waals surface area (Å²) in [7, 11) is 1.27. The molecule has 1 amide bonds. The number of nitrogens with one attached hydrogen (secondary N) is 1. The zero-order valence-electron chi connectivity index (χ0n) is 11.5. The standard InChI is InChI=1S/C13H17ClN2O4/c1-7(2)9-4-8(5-11(14)16-9)12(17)15-6-10(20-3)13(18)19/h4-5,7,10H,6H2,1-3H3,(H,15,17)(H,18,19). The zero-order valence-corrected chi connectivity index (χ0v) is 12.3. The number of carboxylic acids is 1. The topological polar surface area (TPSA) is 88.5 Å². The van der Waals surface area contributed by atoms with Gasteiger partial charge >= 0.3 is 5.97 Å². The molecule has 2 N–H and O–H groups in total. The predicted molar refractivity (Wildman–Crippen MR) is 74.1 cm³/mol. The molecule has 0 fully saturated rings. The minimum absolute atomic E-state index is 0.123. The molecule has 0 spiro atoms. The highest BCUT2D eigenvalue weighted by Gasteiger charge is 2.18. The van der Waals surface area contributed by atoms with Crippen molar-refractivity contribution in [3.63, 3.8) is 0 Å². The van der Waals surface area contributed by atoms with Gasteiger partial charge in [0.25, 0.3) is 5.91 Å². The van der Waals surface area contributed by atoms with Gasteiger partial charge in [0.1, 0.15) is 5.15 Å². The fourth-order valence-corrected chi connectivity index (χ4v) is 1.72. The smallest absolute Gasteiger partial charge is 0.334 e. The first kappa shape index (κ1) is 16.4. The number of carbonyl (C=O) groups is 2. The molecule has 20 heavy (non-hydrogen) atoms. The van der Waals surface area contributed by atoms with Gasteiger partial charge in [0, 0.05) is 18.4 Å². The van der Waals surface area contributed by atoms with E-state index in [1.807, 2.05) is 13.8 Å². The molecule has 1 aromatic rings. The summed E-state index contributed by atoms with van der Waals surface area (Å²) in [6.45, 7) is 3.75. The van der Waals surface area contributed by atoms with Crippen molar-refractivity contribution in [3.8, 4) is 0 Å². The van der Waals surface area contributed by atoms with Crippen LogP contribution in [0, 0.1) is 0 Å². The molecule has 7 heteroatoms. The highest BCUT2D eigenvalue weighted by Crippen LogP contribution is 2.17. The molecule has 1 aromatic heterocycles. The molecule has 1 atom stereocenters.